The predicted molar refractivity (Wildman–Crippen MR) is 119 cm³/mol. The lowest BCUT2D eigenvalue weighted by Crippen LogP contribution is -2.14. The van der Waals surface area contributed by atoms with Crippen molar-refractivity contribution >= 4 is 67.0 Å². The molecule has 10 heteroatoms. The number of sulfone groups is 1. The summed E-state index contributed by atoms with van der Waals surface area (Å²) in [5, 5.41) is 6.32. The minimum absolute atomic E-state index is 0.0590. The summed E-state index contributed by atoms with van der Waals surface area (Å²) in [7, 11) is -3.46. The largest absolute Gasteiger partial charge is 0.302 e. The Bertz CT molecular complexity index is 1130. The van der Waals surface area contributed by atoms with Gasteiger partial charge in [-0.3, -0.25) is 4.79 Å². The lowest BCUT2D eigenvalue weighted by atomic mass is 10.2. The summed E-state index contributed by atoms with van der Waals surface area (Å²) in [5.41, 5.74) is 1.33. The number of benzene rings is 2. The molecule has 0 aliphatic carbocycles. The minimum Gasteiger partial charge on any atom is -0.302 e. The molecule has 1 heterocycles. The highest BCUT2D eigenvalue weighted by Gasteiger charge is 2.16. The van der Waals surface area contributed by atoms with Gasteiger partial charge < -0.3 is 5.32 Å². The minimum atomic E-state index is -3.46. The molecular formula is C19H15Cl3N2O3S2. The number of nitrogens with one attached hydrogen (secondary N) is 1. The number of carbonyl (C=O) groups is 1. The van der Waals surface area contributed by atoms with E-state index in [9.17, 15) is 13.2 Å². The van der Waals surface area contributed by atoms with E-state index >= 15 is 0 Å². The molecule has 3 rings (SSSR count). The summed E-state index contributed by atoms with van der Waals surface area (Å²) < 4.78 is 24.6. The van der Waals surface area contributed by atoms with Crippen molar-refractivity contribution in [2.75, 3.05) is 11.1 Å². The standard InChI is InChI=1S/C19H15Cl3N2O3S2/c20-12-3-6-14(7-4-12)29(26,27)9-1-2-18(25)24-19-23-17(11-28-19)15-8-5-13(21)10-16(15)22/h3-8,10-11H,1-2,9H2,(H,23,24,25). The van der Waals surface area contributed by atoms with Gasteiger partial charge in [-0.25, -0.2) is 13.4 Å². The summed E-state index contributed by atoms with van der Waals surface area (Å²) in [4.78, 5) is 16.7. The Labute approximate surface area is 187 Å². The van der Waals surface area contributed by atoms with Gasteiger partial charge in [-0.2, -0.15) is 0 Å². The van der Waals surface area contributed by atoms with Crippen molar-refractivity contribution in [3.8, 4) is 11.3 Å². The van der Waals surface area contributed by atoms with Crippen LogP contribution >= 0.6 is 46.1 Å². The van der Waals surface area contributed by atoms with Crippen LogP contribution in [0, 0.1) is 0 Å². The van der Waals surface area contributed by atoms with Crippen molar-refractivity contribution in [1.29, 1.82) is 0 Å². The quantitative estimate of drug-likeness (QED) is 0.444. The van der Waals surface area contributed by atoms with Gasteiger partial charge in [-0.05, 0) is 48.9 Å². The Morgan fingerprint density at radius 1 is 1.03 bits per heavy atom. The molecular weight excluding hydrogens is 475 g/mol. The fraction of sp³-hybridized carbons (Fsp3) is 0.158. The van der Waals surface area contributed by atoms with Crippen molar-refractivity contribution in [3.05, 3.63) is 62.9 Å². The Morgan fingerprint density at radius 2 is 1.72 bits per heavy atom. The summed E-state index contributed by atoms with van der Waals surface area (Å²) in [6.07, 6.45) is 0.251. The molecule has 0 saturated heterocycles. The molecule has 2 aromatic carbocycles. The number of anilines is 1. The van der Waals surface area contributed by atoms with Gasteiger partial charge in [0.05, 0.1) is 21.4 Å². The van der Waals surface area contributed by atoms with E-state index in [1.165, 1.54) is 35.6 Å². The molecule has 1 aromatic heterocycles. The van der Waals surface area contributed by atoms with Crippen molar-refractivity contribution in [2.24, 2.45) is 0 Å². The van der Waals surface area contributed by atoms with Crippen molar-refractivity contribution in [2.45, 2.75) is 17.7 Å². The Morgan fingerprint density at radius 3 is 2.41 bits per heavy atom. The number of hydrogen-bond acceptors (Lipinski definition) is 5. The molecule has 1 N–H and O–H groups in total. The van der Waals surface area contributed by atoms with Crippen LogP contribution in [0.4, 0.5) is 5.13 Å². The molecule has 5 nitrogen and oxygen atoms in total. The van der Waals surface area contributed by atoms with Crippen LogP contribution < -0.4 is 5.32 Å². The molecule has 0 aliphatic heterocycles. The number of thiazole rings is 1. The Balaban J connectivity index is 1.55. The molecule has 0 unspecified atom stereocenters. The van der Waals surface area contributed by atoms with Crippen LogP contribution in [0.2, 0.25) is 15.1 Å². The van der Waals surface area contributed by atoms with Gasteiger partial charge in [0, 0.05) is 27.4 Å². The third-order valence-corrected chi connectivity index (χ3v) is 7.32. The lowest BCUT2D eigenvalue weighted by molar-refractivity contribution is -0.116. The number of halogens is 3. The number of nitrogens with zero attached hydrogens (tertiary/aromatic N) is 1. The number of hydrogen-bond donors (Lipinski definition) is 1. The average molecular weight is 490 g/mol. The number of aromatic nitrogens is 1. The van der Waals surface area contributed by atoms with E-state index in [0.717, 1.165) is 0 Å². The molecule has 1 amide bonds. The highest BCUT2D eigenvalue weighted by molar-refractivity contribution is 7.91. The zero-order chi connectivity index (χ0) is 21.0. The van der Waals surface area contributed by atoms with Crippen LogP contribution in [-0.4, -0.2) is 25.1 Å². The van der Waals surface area contributed by atoms with Crippen LogP contribution in [0.3, 0.4) is 0 Å². The maximum atomic E-state index is 12.3. The van der Waals surface area contributed by atoms with E-state index in [2.05, 4.69) is 10.3 Å². The molecule has 0 spiro atoms. The van der Waals surface area contributed by atoms with Gasteiger partial charge in [-0.1, -0.05) is 34.8 Å². The molecule has 3 aromatic rings. The molecule has 0 aliphatic rings. The van der Waals surface area contributed by atoms with Gasteiger partial charge in [-0.15, -0.1) is 11.3 Å². The van der Waals surface area contributed by atoms with Gasteiger partial charge in [0.2, 0.25) is 5.91 Å². The first-order valence-electron chi connectivity index (χ1n) is 8.44. The number of amides is 1. The molecule has 29 heavy (non-hydrogen) atoms. The van der Waals surface area contributed by atoms with Crippen LogP contribution in [-0.2, 0) is 14.6 Å². The van der Waals surface area contributed by atoms with Gasteiger partial charge >= 0.3 is 0 Å². The van der Waals surface area contributed by atoms with E-state index < -0.39 is 9.84 Å². The van der Waals surface area contributed by atoms with Crippen molar-refractivity contribution in [3.63, 3.8) is 0 Å². The van der Waals surface area contributed by atoms with E-state index in [1.54, 1.807) is 23.6 Å². The first-order valence-corrected chi connectivity index (χ1v) is 12.1. The molecule has 0 atom stereocenters. The maximum absolute atomic E-state index is 12.3. The fourth-order valence-corrected chi connectivity index (χ4v) is 5.19. The predicted octanol–water partition coefficient (Wildman–Crippen LogP) is 5.96. The third kappa shape index (κ3) is 5.93. The van der Waals surface area contributed by atoms with E-state index in [0.29, 0.717) is 31.5 Å². The van der Waals surface area contributed by atoms with Gasteiger partial charge in [0.1, 0.15) is 0 Å². The number of carbonyl (C=O) groups excluding carboxylic acids is 1. The van der Waals surface area contributed by atoms with E-state index in [4.69, 9.17) is 34.8 Å². The zero-order valence-corrected chi connectivity index (χ0v) is 18.8. The summed E-state index contributed by atoms with van der Waals surface area (Å²) in [6.45, 7) is 0. The highest BCUT2D eigenvalue weighted by Crippen LogP contribution is 2.32. The SMILES string of the molecule is O=C(CCCS(=O)(=O)c1ccc(Cl)cc1)Nc1nc(-c2ccc(Cl)cc2Cl)cs1. The summed E-state index contributed by atoms with van der Waals surface area (Å²) >= 11 is 19.1. The molecule has 0 fully saturated rings. The molecule has 0 bridgehead atoms. The molecule has 152 valence electrons. The average Bonchev–Trinajstić information content (AvgIpc) is 3.10. The van der Waals surface area contributed by atoms with E-state index in [1.807, 2.05) is 0 Å². The fourth-order valence-electron chi connectivity index (χ4n) is 2.52. The van der Waals surface area contributed by atoms with Crippen LogP contribution in [0.25, 0.3) is 11.3 Å². The first kappa shape index (κ1) is 22.1. The van der Waals surface area contributed by atoms with Gasteiger partial charge in [0.25, 0.3) is 0 Å². The normalized spacial score (nSPS) is 11.4. The van der Waals surface area contributed by atoms with Crippen LogP contribution in [0.1, 0.15) is 12.8 Å². The highest BCUT2D eigenvalue weighted by atomic mass is 35.5. The second kappa shape index (κ2) is 9.45. The van der Waals surface area contributed by atoms with Crippen molar-refractivity contribution < 1.29 is 13.2 Å². The smallest absolute Gasteiger partial charge is 0.226 e. The Kier molecular flexibility index (Phi) is 7.19. The topological polar surface area (TPSA) is 76.1 Å². The summed E-state index contributed by atoms with van der Waals surface area (Å²) in [6, 6.07) is 11.0. The summed E-state index contributed by atoms with van der Waals surface area (Å²) in [5.74, 6) is -0.439. The third-order valence-electron chi connectivity index (χ3n) is 3.95. The van der Waals surface area contributed by atoms with Crippen LogP contribution in [0.15, 0.2) is 52.7 Å². The van der Waals surface area contributed by atoms with Gasteiger partial charge in [0.15, 0.2) is 15.0 Å². The molecule has 0 saturated carbocycles. The van der Waals surface area contributed by atoms with E-state index in [-0.39, 0.29) is 29.4 Å². The zero-order valence-electron chi connectivity index (χ0n) is 14.9. The molecule has 0 radical (unpaired) electrons. The van der Waals surface area contributed by atoms with Crippen molar-refractivity contribution in [1.82, 2.24) is 4.98 Å². The number of rotatable bonds is 7. The second-order valence-corrected chi connectivity index (χ2v) is 10.3. The first-order chi connectivity index (χ1) is 13.7. The second-order valence-electron chi connectivity index (χ2n) is 6.09. The maximum Gasteiger partial charge on any atom is 0.226 e. The van der Waals surface area contributed by atoms with Crippen LogP contribution in [0.5, 0.6) is 0 Å². The monoisotopic (exact) mass is 488 g/mol. The Hall–Kier alpha value is -1.64. The lowest BCUT2D eigenvalue weighted by Gasteiger charge is -2.05.